The van der Waals surface area contributed by atoms with E-state index in [4.69, 9.17) is 4.74 Å². The van der Waals surface area contributed by atoms with Crippen LogP contribution in [0.5, 0.6) is 0 Å². The lowest BCUT2D eigenvalue weighted by atomic mass is 9.88. The third kappa shape index (κ3) is 5.84. The first-order valence-corrected chi connectivity index (χ1v) is 8.92. The smallest absolute Gasteiger partial charge is 0.326 e. The van der Waals surface area contributed by atoms with Crippen LogP contribution in [0.2, 0.25) is 0 Å². The Kier molecular flexibility index (Phi) is 7.56. The summed E-state index contributed by atoms with van der Waals surface area (Å²) in [5, 5.41) is 22.9. The van der Waals surface area contributed by atoms with Crippen molar-refractivity contribution in [3.63, 3.8) is 0 Å². The molecule has 0 aliphatic rings. The fourth-order valence-electron chi connectivity index (χ4n) is 2.83. The number of hydrogen-bond acceptors (Lipinski definition) is 6. The van der Waals surface area contributed by atoms with Crippen LogP contribution < -0.4 is 5.32 Å². The fraction of sp³-hybridized carbons (Fsp3) is 0.250. The van der Waals surface area contributed by atoms with Gasteiger partial charge in [0.15, 0.2) is 0 Å². The average molecular weight is 418 g/mol. The lowest BCUT2D eigenvalue weighted by molar-refractivity contribution is -0.384. The van der Waals surface area contributed by atoms with Crippen LogP contribution in [0.4, 0.5) is 10.1 Å². The lowest BCUT2D eigenvalue weighted by Gasteiger charge is -2.25. The number of carbonyl (C=O) groups excluding carboxylic acids is 2. The number of benzene rings is 2. The van der Waals surface area contributed by atoms with Crippen LogP contribution in [-0.4, -0.2) is 40.5 Å². The van der Waals surface area contributed by atoms with Gasteiger partial charge < -0.3 is 15.2 Å². The van der Waals surface area contributed by atoms with Crippen molar-refractivity contribution in [3.05, 3.63) is 75.6 Å². The van der Waals surface area contributed by atoms with Gasteiger partial charge >= 0.3 is 11.9 Å². The minimum atomic E-state index is -1.55. The Morgan fingerprint density at radius 2 is 1.73 bits per heavy atom. The number of esters is 1. The standard InChI is InChI=1S/C20H19FN2O7/c1-2-30-17(24)11-16(12-5-9-15(10-6-12)23(28)29)18(20(26)27)22-19(25)13-3-7-14(21)8-4-13/h3-10,16,18H,2,11H2,1H3,(H,22,25)(H,26,27)/t16-,18+/m1/s1. The van der Waals surface area contributed by atoms with Gasteiger partial charge in [-0.2, -0.15) is 0 Å². The molecule has 0 radical (unpaired) electrons. The fourth-order valence-corrected chi connectivity index (χ4v) is 2.83. The number of nitrogens with zero attached hydrogens (tertiary/aromatic N) is 1. The largest absolute Gasteiger partial charge is 0.480 e. The van der Waals surface area contributed by atoms with Crippen molar-refractivity contribution in [1.82, 2.24) is 5.32 Å². The third-order valence-corrected chi connectivity index (χ3v) is 4.29. The first-order chi connectivity index (χ1) is 14.2. The van der Waals surface area contributed by atoms with E-state index in [1.54, 1.807) is 6.92 Å². The van der Waals surface area contributed by atoms with Crippen molar-refractivity contribution in [2.75, 3.05) is 6.61 Å². The molecule has 0 aliphatic heterocycles. The summed E-state index contributed by atoms with van der Waals surface area (Å²) < 4.78 is 18.0. The highest BCUT2D eigenvalue weighted by molar-refractivity contribution is 5.97. The molecular formula is C20H19FN2O7. The number of hydrogen-bond donors (Lipinski definition) is 2. The summed E-state index contributed by atoms with van der Waals surface area (Å²) in [5.41, 5.74) is 0.109. The molecule has 2 aromatic carbocycles. The van der Waals surface area contributed by atoms with Gasteiger partial charge in [0.2, 0.25) is 0 Å². The van der Waals surface area contributed by atoms with Crippen LogP contribution in [0.25, 0.3) is 0 Å². The molecule has 9 nitrogen and oxygen atoms in total. The summed E-state index contributed by atoms with van der Waals surface area (Å²) in [7, 11) is 0. The molecule has 2 rings (SSSR count). The van der Waals surface area contributed by atoms with Gasteiger partial charge in [-0.25, -0.2) is 9.18 Å². The number of halogens is 1. The maximum absolute atomic E-state index is 13.1. The van der Waals surface area contributed by atoms with Gasteiger partial charge in [0, 0.05) is 23.6 Å². The van der Waals surface area contributed by atoms with Crippen molar-refractivity contribution in [3.8, 4) is 0 Å². The Morgan fingerprint density at radius 3 is 2.23 bits per heavy atom. The average Bonchev–Trinajstić information content (AvgIpc) is 2.71. The molecular weight excluding hydrogens is 399 g/mol. The molecule has 0 bridgehead atoms. The summed E-state index contributed by atoms with van der Waals surface area (Å²) in [4.78, 5) is 46.7. The number of aliphatic carboxylic acids is 1. The van der Waals surface area contributed by atoms with E-state index in [9.17, 15) is 34.0 Å². The molecule has 1 amide bonds. The lowest BCUT2D eigenvalue weighted by Crippen LogP contribution is -2.45. The van der Waals surface area contributed by atoms with Crippen molar-refractivity contribution >= 4 is 23.5 Å². The van der Waals surface area contributed by atoms with Crippen LogP contribution in [0, 0.1) is 15.9 Å². The molecule has 158 valence electrons. The van der Waals surface area contributed by atoms with E-state index in [2.05, 4.69) is 5.32 Å². The first-order valence-electron chi connectivity index (χ1n) is 8.92. The van der Waals surface area contributed by atoms with Gasteiger partial charge in [-0.1, -0.05) is 12.1 Å². The first kappa shape index (κ1) is 22.5. The van der Waals surface area contributed by atoms with Crippen molar-refractivity contribution in [2.45, 2.75) is 25.3 Å². The highest BCUT2D eigenvalue weighted by Gasteiger charge is 2.33. The van der Waals surface area contributed by atoms with Crippen molar-refractivity contribution < 1.29 is 33.5 Å². The molecule has 30 heavy (non-hydrogen) atoms. The highest BCUT2D eigenvalue weighted by Crippen LogP contribution is 2.27. The minimum Gasteiger partial charge on any atom is -0.480 e. The number of non-ortho nitro benzene ring substituents is 1. The zero-order valence-electron chi connectivity index (χ0n) is 15.9. The third-order valence-electron chi connectivity index (χ3n) is 4.29. The van der Waals surface area contributed by atoms with E-state index in [1.807, 2.05) is 0 Å². The number of rotatable bonds is 9. The number of carboxylic acid groups (broad SMARTS) is 1. The van der Waals surface area contributed by atoms with Crippen molar-refractivity contribution in [1.29, 1.82) is 0 Å². The Hall–Kier alpha value is -3.82. The van der Waals surface area contributed by atoms with Gasteiger partial charge in [0.25, 0.3) is 11.6 Å². The zero-order chi connectivity index (χ0) is 22.3. The number of carbonyl (C=O) groups is 3. The normalized spacial score (nSPS) is 12.5. The Bertz CT molecular complexity index is 929. The van der Waals surface area contributed by atoms with E-state index in [-0.39, 0.29) is 24.3 Å². The van der Waals surface area contributed by atoms with Crippen LogP contribution >= 0.6 is 0 Å². The van der Waals surface area contributed by atoms with Gasteiger partial charge in [-0.15, -0.1) is 0 Å². The Morgan fingerprint density at radius 1 is 1.13 bits per heavy atom. The van der Waals surface area contributed by atoms with Gasteiger partial charge in [0.1, 0.15) is 11.9 Å². The number of nitro benzene ring substituents is 1. The monoisotopic (exact) mass is 418 g/mol. The molecule has 0 unspecified atom stereocenters. The van der Waals surface area contributed by atoms with Crippen LogP contribution in [-0.2, 0) is 14.3 Å². The molecule has 2 N–H and O–H groups in total. The summed E-state index contributed by atoms with van der Waals surface area (Å²) in [6.45, 7) is 1.66. The zero-order valence-corrected chi connectivity index (χ0v) is 15.9. The predicted molar refractivity (Wildman–Crippen MR) is 102 cm³/mol. The summed E-state index contributed by atoms with van der Waals surface area (Å²) in [6, 6.07) is 7.93. The number of carboxylic acids is 1. The number of ether oxygens (including phenoxy) is 1. The maximum Gasteiger partial charge on any atom is 0.326 e. The van der Waals surface area contributed by atoms with Gasteiger partial charge in [-0.05, 0) is 36.8 Å². The van der Waals surface area contributed by atoms with Crippen LogP contribution in [0.15, 0.2) is 48.5 Å². The second-order valence-corrected chi connectivity index (χ2v) is 6.26. The van der Waals surface area contributed by atoms with Crippen LogP contribution in [0.3, 0.4) is 0 Å². The van der Waals surface area contributed by atoms with E-state index in [0.717, 1.165) is 12.1 Å². The molecule has 0 aromatic heterocycles. The SMILES string of the molecule is CCOC(=O)C[C@H](c1ccc([N+](=O)[O-])cc1)[C@H](NC(=O)c1ccc(F)cc1)C(=O)O. The summed E-state index contributed by atoms with van der Waals surface area (Å²) >= 11 is 0. The quantitative estimate of drug-likeness (QED) is 0.363. The number of nitro groups is 1. The molecule has 2 atom stereocenters. The molecule has 10 heteroatoms. The summed E-state index contributed by atoms with van der Waals surface area (Å²) in [6.07, 6.45) is -0.383. The maximum atomic E-state index is 13.1. The highest BCUT2D eigenvalue weighted by atomic mass is 19.1. The molecule has 0 fully saturated rings. The van der Waals surface area contributed by atoms with E-state index in [0.29, 0.717) is 5.56 Å². The van der Waals surface area contributed by atoms with Gasteiger partial charge in [-0.3, -0.25) is 19.7 Å². The van der Waals surface area contributed by atoms with Crippen LogP contribution in [0.1, 0.15) is 35.2 Å². The molecule has 2 aromatic rings. The summed E-state index contributed by atoms with van der Waals surface area (Å²) in [5.74, 6) is -4.52. The molecule has 0 heterocycles. The number of amides is 1. The Labute approximate surface area is 170 Å². The minimum absolute atomic E-state index is 0.0289. The van der Waals surface area contributed by atoms with E-state index < -0.39 is 40.5 Å². The van der Waals surface area contributed by atoms with Gasteiger partial charge in [0.05, 0.1) is 18.0 Å². The second-order valence-electron chi connectivity index (χ2n) is 6.26. The topological polar surface area (TPSA) is 136 Å². The molecule has 0 aliphatic carbocycles. The van der Waals surface area contributed by atoms with E-state index in [1.165, 1.54) is 36.4 Å². The predicted octanol–water partition coefficient (Wildman–Crippen LogP) is 2.65. The molecule has 0 saturated heterocycles. The second kappa shape index (κ2) is 10.1. The molecule has 0 spiro atoms. The number of nitrogens with one attached hydrogen (secondary N) is 1. The molecule has 0 saturated carbocycles. The van der Waals surface area contributed by atoms with E-state index >= 15 is 0 Å². The Balaban J connectivity index is 2.36. The van der Waals surface area contributed by atoms with Crippen molar-refractivity contribution in [2.24, 2.45) is 0 Å².